The summed E-state index contributed by atoms with van der Waals surface area (Å²) in [5.41, 5.74) is 5.22. The summed E-state index contributed by atoms with van der Waals surface area (Å²) >= 11 is 0. The van der Waals surface area contributed by atoms with Gasteiger partial charge in [-0.1, -0.05) is 12.1 Å². The van der Waals surface area contributed by atoms with Crippen molar-refractivity contribution in [1.29, 1.82) is 0 Å². The molecule has 0 fully saturated rings. The van der Waals surface area contributed by atoms with Gasteiger partial charge in [0.15, 0.2) is 18.1 Å². The Hall–Kier alpha value is -3.82. The minimum absolute atomic E-state index is 0.0565. The van der Waals surface area contributed by atoms with Crippen LogP contribution in [0.15, 0.2) is 42.5 Å². The zero-order chi connectivity index (χ0) is 20.1. The highest BCUT2D eigenvalue weighted by Crippen LogP contribution is 2.30. The summed E-state index contributed by atoms with van der Waals surface area (Å²) in [4.78, 5) is 33.9. The van der Waals surface area contributed by atoms with Gasteiger partial charge < -0.3 is 25.3 Å². The van der Waals surface area contributed by atoms with E-state index in [-0.39, 0.29) is 36.2 Å². The number of benzene rings is 2. The van der Waals surface area contributed by atoms with Crippen LogP contribution in [0.5, 0.6) is 11.5 Å². The summed E-state index contributed by atoms with van der Waals surface area (Å²) in [5, 5.41) is 13.3. The molecule has 1 aliphatic rings. The number of rotatable bonds is 6. The summed E-state index contributed by atoms with van der Waals surface area (Å²) in [6.07, 6.45) is -0.375. The maximum atomic E-state index is 12.0. The van der Waals surface area contributed by atoms with Gasteiger partial charge in [0.05, 0.1) is 22.7 Å². The van der Waals surface area contributed by atoms with Crippen molar-refractivity contribution in [1.82, 2.24) is 5.32 Å². The zero-order valence-electron chi connectivity index (χ0n) is 14.6. The molecule has 1 atom stereocenters. The maximum absolute atomic E-state index is 12.0. The number of hydrogen-bond acceptors (Lipinski definition) is 8. The molecule has 0 saturated heterocycles. The van der Waals surface area contributed by atoms with Crippen LogP contribution in [0.1, 0.15) is 10.4 Å². The summed E-state index contributed by atoms with van der Waals surface area (Å²) in [6, 6.07) is 10.6. The van der Waals surface area contributed by atoms with E-state index in [1.807, 2.05) is 12.1 Å². The average Bonchev–Trinajstić information content (AvgIpc) is 2.70. The Kier molecular flexibility index (Phi) is 5.58. The molecule has 0 radical (unpaired) electrons. The quantitative estimate of drug-likeness (QED) is 0.327. The molecule has 0 aromatic heterocycles. The lowest BCUT2D eigenvalue weighted by molar-refractivity contribution is -0.384. The largest absolute Gasteiger partial charge is 0.486 e. The Labute approximate surface area is 159 Å². The van der Waals surface area contributed by atoms with Crippen molar-refractivity contribution in [2.45, 2.75) is 6.10 Å². The molecule has 0 saturated carbocycles. The van der Waals surface area contributed by atoms with Gasteiger partial charge in [-0.2, -0.15) is 0 Å². The normalized spacial score (nSPS) is 14.8. The SMILES string of the molecule is Nc1cc([N+](=O)[O-])ccc1C(=O)OCC(=O)NCC1COc2ccccc2O1. The average molecular weight is 387 g/mol. The number of carbonyl (C=O) groups is 2. The number of ether oxygens (including phenoxy) is 3. The molecule has 1 heterocycles. The number of esters is 1. The molecule has 10 nitrogen and oxygen atoms in total. The molecule has 10 heteroatoms. The Morgan fingerprint density at radius 3 is 2.71 bits per heavy atom. The lowest BCUT2D eigenvalue weighted by atomic mass is 10.1. The standard InChI is InChI=1S/C18H17N3O7/c19-14-7-11(21(24)25)5-6-13(14)18(23)27-10-17(22)20-8-12-9-26-15-3-1-2-4-16(15)28-12/h1-7,12H,8-10,19H2,(H,20,22). The van der Waals surface area contributed by atoms with E-state index in [2.05, 4.69) is 5.32 Å². The fraction of sp³-hybridized carbons (Fsp3) is 0.222. The number of hydrogen-bond donors (Lipinski definition) is 2. The summed E-state index contributed by atoms with van der Waals surface area (Å²) < 4.78 is 16.1. The Morgan fingerprint density at radius 1 is 1.25 bits per heavy atom. The number of nitrogen functional groups attached to an aromatic ring is 1. The van der Waals surface area contributed by atoms with E-state index >= 15 is 0 Å². The van der Waals surface area contributed by atoms with Gasteiger partial charge in [0.2, 0.25) is 0 Å². The van der Waals surface area contributed by atoms with Crippen molar-refractivity contribution < 1.29 is 28.7 Å². The highest BCUT2D eigenvalue weighted by molar-refractivity contribution is 5.96. The van der Waals surface area contributed by atoms with Crippen LogP contribution < -0.4 is 20.5 Å². The minimum atomic E-state index is -0.853. The topological polar surface area (TPSA) is 143 Å². The van der Waals surface area contributed by atoms with Gasteiger partial charge >= 0.3 is 5.97 Å². The van der Waals surface area contributed by atoms with Gasteiger partial charge in [-0.3, -0.25) is 14.9 Å². The molecule has 3 rings (SSSR count). The number of nitrogens with one attached hydrogen (secondary N) is 1. The van der Waals surface area contributed by atoms with E-state index < -0.39 is 23.4 Å². The first kappa shape index (κ1) is 19.0. The number of carbonyl (C=O) groups excluding carboxylic acids is 2. The number of amides is 1. The van der Waals surface area contributed by atoms with E-state index in [1.54, 1.807) is 12.1 Å². The highest BCUT2D eigenvalue weighted by atomic mass is 16.6. The first-order chi connectivity index (χ1) is 13.4. The minimum Gasteiger partial charge on any atom is -0.486 e. The van der Waals surface area contributed by atoms with Crippen LogP contribution in [-0.2, 0) is 9.53 Å². The molecular weight excluding hydrogens is 370 g/mol. The van der Waals surface area contributed by atoms with Crippen molar-refractivity contribution in [3.8, 4) is 11.5 Å². The number of non-ortho nitro benzene ring substituents is 1. The fourth-order valence-electron chi connectivity index (χ4n) is 2.50. The van der Waals surface area contributed by atoms with Crippen molar-refractivity contribution in [2.24, 2.45) is 0 Å². The fourth-order valence-corrected chi connectivity index (χ4v) is 2.50. The molecule has 3 N–H and O–H groups in total. The number of nitro benzene ring substituents is 1. The highest BCUT2D eigenvalue weighted by Gasteiger charge is 2.21. The third-order valence-electron chi connectivity index (χ3n) is 3.89. The van der Waals surface area contributed by atoms with Crippen molar-refractivity contribution in [2.75, 3.05) is 25.5 Å². The second-order valence-corrected chi connectivity index (χ2v) is 5.91. The van der Waals surface area contributed by atoms with Gasteiger partial charge in [-0.25, -0.2) is 4.79 Å². The van der Waals surface area contributed by atoms with Crippen LogP contribution in [0.3, 0.4) is 0 Å². The maximum Gasteiger partial charge on any atom is 0.340 e. The first-order valence-electron chi connectivity index (χ1n) is 8.30. The van der Waals surface area contributed by atoms with E-state index in [1.165, 1.54) is 6.07 Å². The molecule has 2 aromatic rings. The molecule has 1 amide bonds. The summed E-state index contributed by atoms with van der Waals surface area (Å²) in [7, 11) is 0. The van der Waals surface area contributed by atoms with Gasteiger partial charge in [0, 0.05) is 12.1 Å². The van der Waals surface area contributed by atoms with Gasteiger partial charge in [0.1, 0.15) is 12.7 Å². The molecule has 2 aromatic carbocycles. The van der Waals surface area contributed by atoms with Crippen LogP contribution in [0.4, 0.5) is 11.4 Å². The number of anilines is 1. The smallest absolute Gasteiger partial charge is 0.340 e. The second-order valence-electron chi connectivity index (χ2n) is 5.91. The third kappa shape index (κ3) is 4.47. The number of fused-ring (bicyclic) bond motifs is 1. The van der Waals surface area contributed by atoms with Crippen molar-refractivity contribution in [3.63, 3.8) is 0 Å². The molecule has 146 valence electrons. The second kappa shape index (κ2) is 8.25. The van der Waals surface area contributed by atoms with Crippen LogP contribution in [0, 0.1) is 10.1 Å². The monoisotopic (exact) mass is 387 g/mol. The molecule has 1 unspecified atom stereocenters. The molecule has 0 bridgehead atoms. The summed E-state index contributed by atoms with van der Waals surface area (Å²) in [6.45, 7) is -0.0831. The lowest BCUT2D eigenvalue weighted by Crippen LogP contribution is -2.42. The predicted octanol–water partition coefficient (Wildman–Crippen LogP) is 1.29. The van der Waals surface area contributed by atoms with Gasteiger partial charge in [-0.15, -0.1) is 0 Å². The Bertz CT molecular complexity index is 916. The van der Waals surface area contributed by atoms with Crippen molar-refractivity contribution >= 4 is 23.3 Å². The van der Waals surface area contributed by atoms with Crippen molar-refractivity contribution in [3.05, 3.63) is 58.1 Å². The number of para-hydroxylation sites is 2. The third-order valence-corrected chi connectivity index (χ3v) is 3.89. The number of nitrogens with two attached hydrogens (primary N) is 1. The van der Waals surface area contributed by atoms with E-state index in [4.69, 9.17) is 19.9 Å². The van der Waals surface area contributed by atoms with Crippen LogP contribution in [0.25, 0.3) is 0 Å². The predicted molar refractivity (Wildman–Crippen MR) is 97.2 cm³/mol. The van der Waals surface area contributed by atoms with Crippen LogP contribution in [0.2, 0.25) is 0 Å². The van der Waals surface area contributed by atoms with E-state index in [0.717, 1.165) is 12.1 Å². The zero-order valence-corrected chi connectivity index (χ0v) is 14.6. The molecular formula is C18H17N3O7. The molecule has 28 heavy (non-hydrogen) atoms. The first-order valence-corrected chi connectivity index (χ1v) is 8.30. The molecule has 1 aliphatic heterocycles. The van der Waals surface area contributed by atoms with Crippen LogP contribution in [-0.4, -0.2) is 42.7 Å². The molecule has 0 spiro atoms. The van der Waals surface area contributed by atoms with E-state index in [0.29, 0.717) is 11.5 Å². The summed E-state index contributed by atoms with van der Waals surface area (Å²) in [5.74, 6) is -0.155. The van der Waals surface area contributed by atoms with Gasteiger partial charge in [0.25, 0.3) is 11.6 Å². The Morgan fingerprint density at radius 2 is 2.00 bits per heavy atom. The number of nitro groups is 1. The number of nitrogens with zero attached hydrogens (tertiary/aromatic N) is 1. The Balaban J connectivity index is 1.46. The lowest BCUT2D eigenvalue weighted by Gasteiger charge is -2.26. The van der Waals surface area contributed by atoms with Gasteiger partial charge in [-0.05, 0) is 18.2 Å². The molecule has 0 aliphatic carbocycles. The van der Waals surface area contributed by atoms with Crippen LogP contribution >= 0.6 is 0 Å². The van der Waals surface area contributed by atoms with E-state index in [9.17, 15) is 19.7 Å².